The average molecular weight is 207 g/mol. The third kappa shape index (κ3) is 2.48. The summed E-state index contributed by atoms with van der Waals surface area (Å²) in [4.78, 5) is 0. The summed E-state index contributed by atoms with van der Waals surface area (Å²) in [5, 5.41) is 10.3. The first-order chi connectivity index (χ1) is 6.43. The van der Waals surface area contributed by atoms with Gasteiger partial charge in [-0.05, 0) is 6.07 Å². The van der Waals surface area contributed by atoms with Crippen LogP contribution < -0.4 is 0 Å². The molecular weight excluding hydrogens is 199 g/mol. The number of alkyl halides is 3. The molecule has 0 bridgehead atoms. The Kier molecular flexibility index (Phi) is 2.78. The van der Waals surface area contributed by atoms with Crippen LogP contribution in [0.3, 0.4) is 0 Å². The fraction of sp³-hybridized carbons (Fsp3) is 0.429. The number of nitrogens with zero attached hydrogens (tertiary/aromatic N) is 2. The Bertz CT molecular complexity index is 331. The molecule has 0 saturated heterocycles. The zero-order chi connectivity index (χ0) is 10.8. The van der Waals surface area contributed by atoms with Gasteiger partial charge in [0.25, 0.3) is 0 Å². The van der Waals surface area contributed by atoms with Crippen molar-refractivity contribution >= 4 is 5.90 Å². The van der Waals surface area contributed by atoms with Crippen LogP contribution in [0.25, 0.3) is 0 Å². The summed E-state index contributed by atoms with van der Waals surface area (Å²) in [7, 11) is 1.27. The number of methoxy groups -OCH3 is 1. The highest BCUT2D eigenvalue weighted by atomic mass is 19.4. The molecule has 1 N–H and O–H groups in total. The molecule has 4 nitrogen and oxygen atoms in total. The molecule has 78 valence electrons. The van der Waals surface area contributed by atoms with Gasteiger partial charge in [0, 0.05) is 6.20 Å². The van der Waals surface area contributed by atoms with Gasteiger partial charge in [-0.25, -0.2) is 0 Å². The maximum Gasteiger partial charge on any atom is 0.435 e. The minimum atomic E-state index is -4.44. The van der Waals surface area contributed by atoms with E-state index in [0.717, 1.165) is 16.9 Å². The van der Waals surface area contributed by atoms with Gasteiger partial charge in [0.2, 0.25) is 5.90 Å². The number of hydrogen-bond donors (Lipinski definition) is 1. The molecular formula is C7H8F3N3O. The second-order valence-electron chi connectivity index (χ2n) is 2.52. The van der Waals surface area contributed by atoms with Crippen LogP contribution in [0.5, 0.6) is 0 Å². The zero-order valence-corrected chi connectivity index (χ0v) is 7.30. The minimum absolute atomic E-state index is 0.105. The smallest absolute Gasteiger partial charge is 0.435 e. The van der Waals surface area contributed by atoms with E-state index in [4.69, 9.17) is 5.41 Å². The largest absolute Gasteiger partial charge is 0.483 e. The third-order valence-corrected chi connectivity index (χ3v) is 1.48. The van der Waals surface area contributed by atoms with Crippen LogP contribution in [-0.4, -0.2) is 22.8 Å². The highest BCUT2D eigenvalue weighted by Gasteiger charge is 2.33. The molecule has 0 aromatic carbocycles. The summed E-state index contributed by atoms with van der Waals surface area (Å²) in [6.07, 6.45) is -3.29. The minimum Gasteiger partial charge on any atom is -0.483 e. The van der Waals surface area contributed by atoms with Crippen molar-refractivity contribution in [2.45, 2.75) is 12.7 Å². The molecule has 0 saturated carbocycles. The van der Waals surface area contributed by atoms with Crippen LogP contribution in [-0.2, 0) is 17.5 Å². The number of ether oxygens (including phenoxy) is 1. The number of rotatable bonds is 2. The van der Waals surface area contributed by atoms with Gasteiger partial charge in [0.1, 0.15) is 6.54 Å². The molecule has 0 aliphatic heterocycles. The lowest BCUT2D eigenvalue weighted by Gasteiger charge is -2.03. The third-order valence-electron chi connectivity index (χ3n) is 1.48. The summed E-state index contributed by atoms with van der Waals surface area (Å²) in [6, 6.07) is 0.850. The normalized spacial score (nSPS) is 11.4. The number of nitrogens with one attached hydrogen (secondary N) is 1. The standard InChI is InChI=1S/C7H8F3N3O/c1-14-6(11)4-13-3-2-5(12-13)7(8,9)10/h2-3,11H,4H2,1H3. The molecule has 1 heterocycles. The van der Waals surface area contributed by atoms with Gasteiger partial charge in [0.05, 0.1) is 7.11 Å². The fourth-order valence-electron chi connectivity index (χ4n) is 0.813. The first-order valence-corrected chi connectivity index (χ1v) is 3.65. The van der Waals surface area contributed by atoms with Gasteiger partial charge in [-0.15, -0.1) is 0 Å². The second-order valence-corrected chi connectivity index (χ2v) is 2.52. The Hall–Kier alpha value is -1.53. The van der Waals surface area contributed by atoms with Crippen molar-refractivity contribution in [3.63, 3.8) is 0 Å². The van der Waals surface area contributed by atoms with Gasteiger partial charge < -0.3 is 4.74 Å². The van der Waals surface area contributed by atoms with Crippen LogP contribution in [0.15, 0.2) is 12.3 Å². The van der Waals surface area contributed by atoms with Crippen molar-refractivity contribution in [3.8, 4) is 0 Å². The lowest BCUT2D eigenvalue weighted by atomic mass is 10.4. The monoisotopic (exact) mass is 207 g/mol. The summed E-state index contributed by atoms with van der Waals surface area (Å²) in [5.41, 5.74) is -0.971. The predicted octanol–water partition coefficient (Wildman–Crippen LogP) is 1.53. The van der Waals surface area contributed by atoms with Crippen LogP contribution in [0.2, 0.25) is 0 Å². The second kappa shape index (κ2) is 3.69. The van der Waals surface area contributed by atoms with Crippen LogP contribution in [0, 0.1) is 5.41 Å². The molecule has 0 unspecified atom stereocenters. The van der Waals surface area contributed by atoms with E-state index in [1.54, 1.807) is 0 Å². The summed E-state index contributed by atoms with van der Waals surface area (Å²) < 4.78 is 41.7. The van der Waals surface area contributed by atoms with E-state index >= 15 is 0 Å². The molecule has 1 aromatic heterocycles. The van der Waals surface area contributed by atoms with Gasteiger partial charge in [-0.2, -0.15) is 18.3 Å². The van der Waals surface area contributed by atoms with Crippen molar-refractivity contribution in [1.29, 1.82) is 5.41 Å². The van der Waals surface area contributed by atoms with Crippen molar-refractivity contribution in [2.24, 2.45) is 0 Å². The number of halogens is 3. The van der Waals surface area contributed by atoms with E-state index in [0.29, 0.717) is 0 Å². The first kappa shape index (κ1) is 10.6. The first-order valence-electron chi connectivity index (χ1n) is 3.65. The maximum absolute atomic E-state index is 12.1. The molecule has 1 aromatic rings. The van der Waals surface area contributed by atoms with E-state index in [1.807, 2.05) is 0 Å². The van der Waals surface area contributed by atoms with E-state index in [-0.39, 0.29) is 12.4 Å². The van der Waals surface area contributed by atoms with Crippen molar-refractivity contribution in [1.82, 2.24) is 9.78 Å². The Morgan fingerprint density at radius 2 is 2.29 bits per heavy atom. The topological polar surface area (TPSA) is 50.9 Å². The highest BCUT2D eigenvalue weighted by molar-refractivity contribution is 5.71. The Morgan fingerprint density at radius 3 is 2.71 bits per heavy atom. The van der Waals surface area contributed by atoms with Crippen molar-refractivity contribution in [3.05, 3.63) is 18.0 Å². The van der Waals surface area contributed by atoms with Gasteiger partial charge >= 0.3 is 6.18 Å². The fourth-order valence-corrected chi connectivity index (χ4v) is 0.813. The molecule has 0 spiro atoms. The molecule has 14 heavy (non-hydrogen) atoms. The zero-order valence-electron chi connectivity index (χ0n) is 7.30. The molecule has 0 aliphatic carbocycles. The number of aromatic nitrogens is 2. The summed E-state index contributed by atoms with van der Waals surface area (Å²) in [6.45, 7) is -0.105. The molecule has 0 amide bonds. The molecule has 7 heteroatoms. The van der Waals surface area contributed by atoms with Gasteiger partial charge in [-0.3, -0.25) is 10.1 Å². The van der Waals surface area contributed by atoms with E-state index < -0.39 is 11.9 Å². The molecule has 0 radical (unpaired) electrons. The summed E-state index contributed by atoms with van der Waals surface area (Å²) >= 11 is 0. The van der Waals surface area contributed by atoms with Crippen LogP contribution in [0.4, 0.5) is 13.2 Å². The van der Waals surface area contributed by atoms with Gasteiger partial charge in [0.15, 0.2) is 5.69 Å². The number of hydrogen-bond acceptors (Lipinski definition) is 3. The van der Waals surface area contributed by atoms with Crippen LogP contribution in [0.1, 0.15) is 5.69 Å². The Morgan fingerprint density at radius 1 is 1.64 bits per heavy atom. The van der Waals surface area contributed by atoms with E-state index in [9.17, 15) is 13.2 Å². The molecule has 0 aliphatic rings. The average Bonchev–Trinajstić information content (AvgIpc) is 2.51. The molecule has 1 rings (SSSR count). The highest BCUT2D eigenvalue weighted by Crippen LogP contribution is 2.27. The van der Waals surface area contributed by atoms with E-state index in [2.05, 4.69) is 9.84 Å². The van der Waals surface area contributed by atoms with Crippen molar-refractivity contribution in [2.75, 3.05) is 7.11 Å². The summed E-state index contributed by atoms with van der Waals surface area (Å²) in [5.74, 6) is -0.151. The van der Waals surface area contributed by atoms with E-state index in [1.165, 1.54) is 7.11 Å². The molecule has 0 atom stereocenters. The van der Waals surface area contributed by atoms with Gasteiger partial charge in [-0.1, -0.05) is 0 Å². The predicted molar refractivity (Wildman–Crippen MR) is 42.0 cm³/mol. The lowest BCUT2D eigenvalue weighted by molar-refractivity contribution is -0.141. The molecule has 0 fully saturated rings. The lowest BCUT2D eigenvalue weighted by Crippen LogP contribution is -2.13. The van der Waals surface area contributed by atoms with Crippen molar-refractivity contribution < 1.29 is 17.9 Å². The van der Waals surface area contributed by atoms with Crippen LogP contribution >= 0.6 is 0 Å². The quantitative estimate of drug-likeness (QED) is 0.590. The Balaban J connectivity index is 2.74. The SMILES string of the molecule is COC(=N)Cn1ccc(C(F)(F)F)n1. The maximum atomic E-state index is 12.1. The Labute approximate surface area is 77.8 Å².